The van der Waals surface area contributed by atoms with Crippen LogP contribution < -0.4 is 0 Å². The van der Waals surface area contributed by atoms with Gasteiger partial charge < -0.3 is 9.94 Å². The number of pyridine rings is 1. The van der Waals surface area contributed by atoms with Crippen LogP contribution in [-0.4, -0.2) is 16.4 Å². The number of aromatic nitrogens is 1. The number of rotatable bonds is 4. The average Bonchev–Trinajstić information content (AvgIpc) is 2.33. The van der Waals surface area contributed by atoms with Crippen molar-refractivity contribution in [3.63, 3.8) is 0 Å². The Morgan fingerprint density at radius 2 is 2.19 bits per heavy atom. The van der Waals surface area contributed by atoms with E-state index in [0.717, 1.165) is 11.8 Å². The Labute approximate surface area is 95.6 Å². The van der Waals surface area contributed by atoms with E-state index in [9.17, 15) is 0 Å². The summed E-state index contributed by atoms with van der Waals surface area (Å²) in [5.74, 6) is 0.615. The highest BCUT2D eigenvalue weighted by molar-refractivity contribution is 5.76. The summed E-state index contributed by atoms with van der Waals surface area (Å²) >= 11 is 0. The van der Waals surface area contributed by atoms with Crippen LogP contribution in [0.25, 0.3) is 5.76 Å². The second-order valence-corrected chi connectivity index (χ2v) is 2.48. The third-order valence-electron chi connectivity index (χ3n) is 1.44. The van der Waals surface area contributed by atoms with Crippen LogP contribution in [0.2, 0.25) is 0 Å². The molecule has 86 valence electrons. The number of allylic oxidation sites excluding steroid dienone is 1. The monoisotopic (exact) mass is 220 g/mol. The molecule has 1 heterocycles. The maximum absolute atomic E-state index is 8.21. The molecular formula is C12H16N2O2. The van der Waals surface area contributed by atoms with Crippen molar-refractivity contribution in [2.24, 2.45) is 5.16 Å². The Balaban J connectivity index is 0.00000106. The summed E-state index contributed by atoms with van der Waals surface area (Å²) in [6.45, 7) is 11.2. The molecule has 0 fully saturated rings. The third kappa shape index (κ3) is 4.95. The molecule has 0 aliphatic rings. The molecule has 4 nitrogen and oxygen atoms in total. The van der Waals surface area contributed by atoms with Crippen molar-refractivity contribution in [2.45, 2.75) is 13.8 Å². The van der Waals surface area contributed by atoms with Crippen molar-refractivity contribution in [1.29, 1.82) is 0 Å². The molecule has 16 heavy (non-hydrogen) atoms. The summed E-state index contributed by atoms with van der Waals surface area (Å²) in [6, 6.07) is 3.57. The first-order valence-electron chi connectivity index (χ1n) is 4.87. The minimum Gasteiger partial charge on any atom is -0.456 e. The number of hydrogen-bond donors (Lipinski definition) is 1. The maximum Gasteiger partial charge on any atom is 0.141 e. The van der Waals surface area contributed by atoms with Gasteiger partial charge in [-0.2, -0.15) is 0 Å². The van der Waals surface area contributed by atoms with Crippen molar-refractivity contribution in [3.8, 4) is 0 Å². The van der Waals surface area contributed by atoms with Crippen molar-refractivity contribution in [1.82, 2.24) is 4.98 Å². The van der Waals surface area contributed by atoms with Crippen molar-refractivity contribution in [2.75, 3.05) is 0 Å². The predicted molar refractivity (Wildman–Crippen MR) is 65.1 cm³/mol. The van der Waals surface area contributed by atoms with Gasteiger partial charge in [0.1, 0.15) is 17.7 Å². The molecule has 0 bridgehead atoms. The van der Waals surface area contributed by atoms with Gasteiger partial charge in [-0.25, -0.2) is 0 Å². The molecule has 1 aromatic rings. The van der Waals surface area contributed by atoms with E-state index >= 15 is 0 Å². The van der Waals surface area contributed by atoms with E-state index in [1.165, 1.54) is 0 Å². The molecular weight excluding hydrogens is 204 g/mol. The first kappa shape index (κ1) is 13.9. The lowest BCUT2D eigenvalue weighted by molar-refractivity contribution is 0.317. The summed E-state index contributed by atoms with van der Waals surface area (Å²) < 4.78 is 5.14. The third-order valence-corrected chi connectivity index (χ3v) is 1.44. The van der Waals surface area contributed by atoms with Gasteiger partial charge >= 0.3 is 0 Å². The SMILES string of the molecule is C=C(/C=N/O)OC(=C)c1cccnc1.CC. The van der Waals surface area contributed by atoms with Gasteiger partial charge in [0.05, 0.1) is 0 Å². The second kappa shape index (κ2) is 8.23. The highest BCUT2D eigenvalue weighted by Gasteiger charge is 2.00. The van der Waals surface area contributed by atoms with Crippen LogP contribution in [0.1, 0.15) is 19.4 Å². The normalized spacial score (nSPS) is 9.12. The molecule has 1 N–H and O–H groups in total. The van der Waals surface area contributed by atoms with Gasteiger partial charge in [-0.05, 0) is 12.1 Å². The molecule has 0 atom stereocenters. The topological polar surface area (TPSA) is 54.7 Å². The Morgan fingerprint density at radius 1 is 1.50 bits per heavy atom. The minimum absolute atomic E-state index is 0.210. The second-order valence-electron chi connectivity index (χ2n) is 2.48. The Bertz CT molecular complexity index is 359. The highest BCUT2D eigenvalue weighted by Crippen LogP contribution is 2.14. The van der Waals surface area contributed by atoms with E-state index in [1.807, 2.05) is 13.8 Å². The molecule has 1 aromatic heterocycles. The van der Waals surface area contributed by atoms with Crippen LogP contribution in [0.5, 0.6) is 0 Å². The first-order chi connectivity index (χ1) is 7.74. The fourth-order valence-electron chi connectivity index (χ4n) is 0.836. The van der Waals surface area contributed by atoms with Crippen LogP contribution in [0.4, 0.5) is 0 Å². The number of oxime groups is 1. The number of ether oxygens (including phenoxy) is 1. The van der Waals surface area contributed by atoms with E-state index < -0.39 is 0 Å². The zero-order valence-corrected chi connectivity index (χ0v) is 9.55. The molecule has 4 heteroatoms. The van der Waals surface area contributed by atoms with Crippen molar-refractivity contribution in [3.05, 3.63) is 49.0 Å². The molecule has 0 saturated carbocycles. The number of nitrogens with zero attached hydrogens (tertiary/aromatic N) is 2. The van der Waals surface area contributed by atoms with Gasteiger partial charge in [-0.15, -0.1) is 0 Å². The Kier molecular flexibility index (Phi) is 7.15. The van der Waals surface area contributed by atoms with Gasteiger partial charge in [0, 0.05) is 18.0 Å². The van der Waals surface area contributed by atoms with Gasteiger partial charge in [0.2, 0.25) is 0 Å². The van der Waals surface area contributed by atoms with E-state index in [-0.39, 0.29) is 5.76 Å². The highest BCUT2D eigenvalue weighted by atomic mass is 16.5. The smallest absolute Gasteiger partial charge is 0.141 e. The lowest BCUT2D eigenvalue weighted by atomic mass is 10.2. The van der Waals surface area contributed by atoms with Crippen molar-refractivity contribution >= 4 is 12.0 Å². The summed E-state index contributed by atoms with van der Waals surface area (Å²) in [5.41, 5.74) is 0.750. The van der Waals surface area contributed by atoms with Gasteiger partial charge in [-0.3, -0.25) is 4.98 Å². The zero-order valence-electron chi connectivity index (χ0n) is 9.55. The summed E-state index contributed by atoms with van der Waals surface area (Å²) in [6.07, 6.45) is 4.36. The van der Waals surface area contributed by atoms with E-state index in [0.29, 0.717) is 5.76 Å². The van der Waals surface area contributed by atoms with Gasteiger partial charge in [0.25, 0.3) is 0 Å². The van der Waals surface area contributed by atoms with E-state index in [2.05, 4.69) is 23.3 Å². The van der Waals surface area contributed by atoms with E-state index in [1.54, 1.807) is 24.5 Å². The largest absolute Gasteiger partial charge is 0.456 e. The molecule has 0 radical (unpaired) electrons. The first-order valence-corrected chi connectivity index (χ1v) is 4.87. The molecule has 0 unspecified atom stereocenters. The average molecular weight is 220 g/mol. The van der Waals surface area contributed by atoms with Gasteiger partial charge in [-0.1, -0.05) is 32.2 Å². The molecule has 0 aliphatic heterocycles. The standard InChI is InChI=1S/C10H10N2O2.C2H6/c1-8(6-12-13)14-9(2)10-4-3-5-11-7-10;1-2/h3-7,13H,1-2H2;1-2H3/b12-6+;. The quantitative estimate of drug-likeness (QED) is 0.367. The Hall–Kier alpha value is -2.10. The van der Waals surface area contributed by atoms with Gasteiger partial charge in [0.15, 0.2) is 0 Å². The Morgan fingerprint density at radius 3 is 2.69 bits per heavy atom. The maximum atomic E-state index is 8.21. The van der Waals surface area contributed by atoms with Crippen LogP contribution in [0.3, 0.4) is 0 Å². The zero-order chi connectivity index (χ0) is 12.4. The summed E-state index contributed by atoms with van der Waals surface area (Å²) in [4.78, 5) is 3.91. The molecule has 0 spiro atoms. The lowest BCUT2D eigenvalue weighted by Crippen LogP contribution is -1.92. The summed E-state index contributed by atoms with van der Waals surface area (Å²) in [7, 11) is 0. The van der Waals surface area contributed by atoms with Crippen LogP contribution in [-0.2, 0) is 4.74 Å². The minimum atomic E-state index is 0.210. The fraction of sp³-hybridized carbons (Fsp3) is 0.167. The van der Waals surface area contributed by atoms with E-state index in [4.69, 9.17) is 9.94 Å². The lowest BCUT2D eigenvalue weighted by Gasteiger charge is -2.06. The molecule has 0 aromatic carbocycles. The van der Waals surface area contributed by atoms with Crippen LogP contribution >= 0.6 is 0 Å². The van der Waals surface area contributed by atoms with Crippen LogP contribution in [0, 0.1) is 0 Å². The molecule has 0 amide bonds. The number of hydrogen-bond acceptors (Lipinski definition) is 4. The fourth-order valence-corrected chi connectivity index (χ4v) is 0.836. The predicted octanol–water partition coefficient (Wildman–Crippen LogP) is 3.07. The molecule has 1 rings (SSSR count). The molecule has 0 saturated heterocycles. The van der Waals surface area contributed by atoms with Crippen LogP contribution in [0.15, 0.2) is 48.6 Å². The molecule has 0 aliphatic carbocycles. The van der Waals surface area contributed by atoms with Crippen molar-refractivity contribution < 1.29 is 9.94 Å². The summed E-state index contributed by atoms with van der Waals surface area (Å²) in [5, 5.41) is 11.0.